The monoisotopic (exact) mass is 378 g/mol. The number of esters is 1. The summed E-state index contributed by atoms with van der Waals surface area (Å²) in [6, 6.07) is 14.5. The van der Waals surface area contributed by atoms with E-state index >= 15 is 0 Å². The van der Waals surface area contributed by atoms with E-state index in [1.807, 2.05) is 57.2 Å². The number of carbonyl (C=O) groups is 1. The van der Waals surface area contributed by atoms with Crippen LogP contribution in [0.1, 0.15) is 30.5 Å². The standard InChI is InChI=1S/C23H22O5/c1-15(2)27-20-11-10-18-16(3)13-22(25)28-23(18)19(20)14-26-21(24)12-9-17-7-5-4-6-8-17/h4-13,15H,14H2,1-3H3/b12-9+. The molecule has 3 rings (SSSR count). The van der Waals surface area contributed by atoms with Crippen LogP contribution >= 0.6 is 0 Å². The van der Waals surface area contributed by atoms with Crippen LogP contribution in [0, 0.1) is 6.92 Å². The molecule has 1 heterocycles. The van der Waals surface area contributed by atoms with Crippen LogP contribution in [-0.4, -0.2) is 12.1 Å². The van der Waals surface area contributed by atoms with Crippen LogP contribution in [0.15, 0.2) is 63.8 Å². The minimum Gasteiger partial charge on any atom is -0.490 e. The molecule has 0 aliphatic heterocycles. The lowest BCUT2D eigenvalue weighted by Crippen LogP contribution is -2.10. The van der Waals surface area contributed by atoms with Crippen LogP contribution < -0.4 is 10.4 Å². The van der Waals surface area contributed by atoms with Gasteiger partial charge in [-0.1, -0.05) is 30.3 Å². The summed E-state index contributed by atoms with van der Waals surface area (Å²) in [4.78, 5) is 24.0. The Bertz CT molecular complexity index is 1060. The second-order valence-corrected chi connectivity index (χ2v) is 6.69. The molecule has 0 aliphatic carbocycles. The third-order valence-electron chi connectivity index (χ3n) is 4.11. The van der Waals surface area contributed by atoms with Gasteiger partial charge in [0.2, 0.25) is 0 Å². The van der Waals surface area contributed by atoms with Gasteiger partial charge in [0.1, 0.15) is 17.9 Å². The lowest BCUT2D eigenvalue weighted by atomic mass is 10.1. The normalized spacial score (nSPS) is 11.3. The smallest absolute Gasteiger partial charge is 0.336 e. The minimum absolute atomic E-state index is 0.0657. The van der Waals surface area contributed by atoms with E-state index in [0.717, 1.165) is 16.5 Å². The molecule has 2 aromatic carbocycles. The maximum Gasteiger partial charge on any atom is 0.336 e. The molecular weight excluding hydrogens is 356 g/mol. The summed E-state index contributed by atoms with van der Waals surface area (Å²) >= 11 is 0. The van der Waals surface area contributed by atoms with Crippen molar-refractivity contribution in [3.63, 3.8) is 0 Å². The first kappa shape index (κ1) is 19.4. The number of ether oxygens (including phenoxy) is 2. The Balaban J connectivity index is 1.88. The van der Waals surface area contributed by atoms with Crippen LogP contribution in [0.25, 0.3) is 17.0 Å². The van der Waals surface area contributed by atoms with E-state index in [1.54, 1.807) is 12.1 Å². The highest BCUT2D eigenvalue weighted by molar-refractivity contribution is 5.88. The van der Waals surface area contributed by atoms with Crippen LogP contribution in [0.2, 0.25) is 0 Å². The molecule has 0 bridgehead atoms. The molecule has 0 N–H and O–H groups in total. The van der Waals surface area contributed by atoms with Gasteiger partial charge in [-0.15, -0.1) is 0 Å². The molecule has 1 aromatic heterocycles. The summed E-state index contributed by atoms with van der Waals surface area (Å²) < 4.78 is 16.6. The van der Waals surface area contributed by atoms with E-state index in [4.69, 9.17) is 13.9 Å². The molecule has 5 nitrogen and oxygen atoms in total. The van der Waals surface area contributed by atoms with Gasteiger partial charge < -0.3 is 13.9 Å². The van der Waals surface area contributed by atoms with Gasteiger partial charge in [0, 0.05) is 17.5 Å². The molecular formula is C23H22O5. The van der Waals surface area contributed by atoms with Crippen molar-refractivity contribution in [2.45, 2.75) is 33.5 Å². The van der Waals surface area contributed by atoms with Gasteiger partial charge in [0.25, 0.3) is 0 Å². The molecule has 144 valence electrons. The topological polar surface area (TPSA) is 65.7 Å². The number of hydrogen-bond acceptors (Lipinski definition) is 5. The van der Waals surface area contributed by atoms with Gasteiger partial charge in [0.15, 0.2) is 0 Å². The Morgan fingerprint density at radius 3 is 2.61 bits per heavy atom. The number of fused-ring (bicyclic) bond motifs is 1. The predicted octanol–water partition coefficient (Wildman–Crippen LogP) is 4.65. The molecule has 0 spiro atoms. The summed E-state index contributed by atoms with van der Waals surface area (Å²) in [6.07, 6.45) is 2.97. The Labute approximate surface area is 163 Å². The first-order valence-corrected chi connectivity index (χ1v) is 9.07. The first-order valence-electron chi connectivity index (χ1n) is 9.07. The molecule has 0 unspecified atom stereocenters. The number of hydrogen-bond donors (Lipinski definition) is 0. The molecule has 0 aliphatic rings. The quantitative estimate of drug-likeness (QED) is 0.355. The molecule has 28 heavy (non-hydrogen) atoms. The molecule has 0 radical (unpaired) electrons. The van der Waals surface area contributed by atoms with Gasteiger partial charge in [-0.25, -0.2) is 9.59 Å². The predicted molar refractivity (Wildman–Crippen MR) is 108 cm³/mol. The second kappa shape index (κ2) is 8.57. The van der Waals surface area contributed by atoms with Crippen molar-refractivity contribution in [2.24, 2.45) is 0 Å². The fraction of sp³-hybridized carbons (Fsp3) is 0.217. The number of carbonyl (C=O) groups excluding carboxylic acids is 1. The average Bonchev–Trinajstić information content (AvgIpc) is 2.65. The molecule has 0 fully saturated rings. The first-order chi connectivity index (χ1) is 13.4. The van der Waals surface area contributed by atoms with Crippen molar-refractivity contribution in [1.29, 1.82) is 0 Å². The summed E-state index contributed by atoms with van der Waals surface area (Å²) in [5.74, 6) is 0.0300. The number of rotatable bonds is 6. The molecule has 0 saturated carbocycles. The summed E-state index contributed by atoms with van der Waals surface area (Å²) in [5, 5.41) is 0.779. The molecule has 3 aromatic rings. The van der Waals surface area contributed by atoms with Crippen LogP contribution in [-0.2, 0) is 16.1 Å². The van der Waals surface area contributed by atoms with E-state index < -0.39 is 11.6 Å². The highest BCUT2D eigenvalue weighted by Crippen LogP contribution is 2.30. The Hall–Kier alpha value is -3.34. The van der Waals surface area contributed by atoms with Gasteiger partial charge >= 0.3 is 11.6 Å². The fourth-order valence-electron chi connectivity index (χ4n) is 2.84. The SMILES string of the molecule is Cc1cc(=O)oc2c(COC(=O)/C=C/c3ccccc3)c(OC(C)C)ccc12. The highest BCUT2D eigenvalue weighted by Gasteiger charge is 2.16. The van der Waals surface area contributed by atoms with Gasteiger partial charge in [-0.2, -0.15) is 0 Å². The van der Waals surface area contributed by atoms with E-state index in [2.05, 4.69) is 0 Å². The van der Waals surface area contributed by atoms with Crippen LogP contribution in [0.5, 0.6) is 5.75 Å². The van der Waals surface area contributed by atoms with E-state index in [1.165, 1.54) is 12.1 Å². The zero-order valence-electron chi connectivity index (χ0n) is 16.1. The number of benzene rings is 2. The molecule has 0 amide bonds. The van der Waals surface area contributed by atoms with Crippen molar-refractivity contribution in [3.8, 4) is 5.75 Å². The maximum atomic E-state index is 12.2. The molecule has 5 heteroatoms. The van der Waals surface area contributed by atoms with Crippen molar-refractivity contribution in [2.75, 3.05) is 0 Å². The Morgan fingerprint density at radius 1 is 1.14 bits per heavy atom. The summed E-state index contributed by atoms with van der Waals surface area (Å²) in [5.41, 5.74) is 2.15. The van der Waals surface area contributed by atoms with Gasteiger partial charge in [-0.05, 0) is 50.1 Å². The van der Waals surface area contributed by atoms with Crippen LogP contribution in [0.3, 0.4) is 0 Å². The molecule has 0 saturated heterocycles. The lowest BCUT2D eigenvalue weighted by molar-refractivity contribution is -0.138. The average molecular weight is 378 g/mol. The zero-order valence-corrected chi connectivity index (χ0v) is 16.1. The largest absolute Gasteiger partial charge is 0.490 e. The van der Waals surface area contributed by atoms with Crippen molar-refractivity contribution >= 4 is 23.0 Å². The van der Waals surface area contributed by atoms with E-state index in [-0.39, 0.29) is 12.7 Å². The van der Waals surface area contributed by atoms with E-state index in [0.29, 0.717) is 16.9 Å². The van der Waals surface area contributed by atoms with Gasteiger partial charge in [-0.3, -0.25) is 0 Å². The third-order valence-corrected chi connectivity index (χ3v) is 4.11. The zero-order chi connectivity index (χ0) is 20.1. The fourth-order valence-corrected chi connectivity index (χ4v) is 2.84. The highest BCUT2D eigenvalue weighted by atomic mass is 16.5. The Kier molecular flexibility index (Phi) is 5.94. The molecule has 0 atom stereocenters. The van der Waals surface area contributed by atoms with Crippen molar-refractivity contribution in [3.05, 3.63) is 81.7 Å². The minimum atomic E-state index is -0.494. The maximum absolute atomic E-state index is 12.2. The van der Waals surface area contributed by atoms with E-state index in [9.17, 15) is 9.59 Å². The summed E-state index contributed by atoms with van der Waals surface area (Å²) in [6.45, 7) is 5.56. The van der Waals surface area contributed by atoms with Crippen molar-refractivity contribution in [1.82, 2.24) is 0 Å². The second-order valence-electron chi connectivity index (χ2n) is 6.69. The Morgan fingerprint density at radius 2 is 1.89 bits per heavy atom. The number of aryl methyl sites for hydroxylation is 1. The van der Waals surface area contributed by atoms with Crippen LogP contribution in [0.4, 0.5) is 0 Å². The third kappa shape index (κ3) is 4.68. The lowest BCUT2D eigenvalue weighted by Gasteiger charge is -2.16. The summed E-state index contributed by atoms with van der Waals surface area (Å²) in [7, 11) is 0. The van der Waals surface area contributed by atoms with Crippen molar-refractivity contribution < 1.29 is 18.7 Å². The van der Waals surface area contributed by atoms with Gasteiger partial charge in [0.05, 0.1) is 11.7 Å².